The third kappa shape index (κ3) is 2.81. The van der Waals surface area contributed by atoms with Gasteiger partial charge in [-0.05, 0) is 49.2 Å². The molecule has 0 unspecified atom stereocenters. The Bertz CT molecular complexity index is 835. The van der Waals surface area contributed by atoms with Gasteiger partial charge in [0.05, 0.1) is 18.2 Å². The first-order valence-electron chi connectivity index (χ1n) is 8.34. The highest BCUT2D eigenvalue weighted by Gasteiger charge is 2.25. The van der Waals surface area contributed by atoms with Crippen molar-refractivity contribution in [3.05, 3.63) is 60.8 Å². The normalized spacial score (nSPS) is 17.4. The number of ether oxygens (including phenoxy) is 1. The van der Waals surface area contributed by atoms with Crippen molar-refractivity contribution in [2.75, 3.05) is 18.1 Å². The highest BCUT2D eigenvalue weighted by molar-refractivity contribution is 5.92. The zero-order valence-electron chi connectivity index (χ0n) is 13.4. The first kappa shape index (κ1) is 15.0. The second-order valence-electron chi connectivity index (χ2n) is 6.10. The maximum absolute atomic E-state index is 9.64. The van der Waals surface area contributed by atoms with Crippen LogP contribution in [0.2, 0.25) is 0 Å². The zero-order chi connectivity index (χ0) is 16.4. The number of pyridine rings is 1. The average Bonchev–Trinajstić information content (AvgIpc) is 3.10. The number of hydrogen-bond donors (Lipinski definition) is 1. The minimum atomic E-state index is 0.185. The summed E-state index contributed by atoms with van der Waals surface area (Å²) in [6.07, 6.45) is 3.97. The summed E-state index contributed by atoms with van der Waals surface area (Å²) in [7, 11) is 0. The van der Waals surface area contributed by atoms with Gasteiger partial charge >= 0.3 is 0 Å². The number of rotatable bonds is 4. The standard InChI is InChI=1S/C20H20N2O2/c23-14-15-5-4-12-22(15)20-10-11-21-19-9-8-17(13-18(19)20)24-16-6-2-1-3-7-16/h1-3,6-11,13,15,23H,4-5,12,14H2/t15-/m1/s1. The van der Waals surface area contributed by atoms with Gasteiger partial charge in [-0.1, -0.05) is 18.2 Å². The van der Waals surface area contributed by atoms with Crippen molar-refractivity contribution in [2.24, 2.45) is 0 Å². The van der Waals surface area contributed by atoms with E-state index in [1.165, 1.54) is 0 Å². The molecule has 2 aromatic carbocycles. The quantitative estimate of drug-likeness (QED) is 0.789. The number of nitrogens with zero attached hydrogens (tertiary/aromatic N) is 2. The average molecular weight is 320 g/mol. The number of hydrogen-bond acceptors (Lipinski definition) is 4. The zero-order valence-corrected chi connectivity index (χ0v) is 13.4. The summed E-state index contributed by atoms with van der Waals surface area (Å²) in [6.45, 7) is 1.15. The summed E-state index contributed by atoms with van der Waals surface area (Å²) >= 11 is 0. The molecule has 4 nitrogen and oxygen atoms in total. The van der Waals surface area contributed by atoms with Crippen LogP contribution in [-0.2, 0) is 0 Å². The van der Waals surface area contributed by atoms with Crippen molar-refractivity contribution < 1.29 is 9.84 Å². The molecule has 0 bridgehead atoms. The lowest BCUT2D eigenvalue weighted by Crippen LogP contribution is -2.32. The molecule has 1 atom stereocenters. The summed E-state index contributed by atoms with van der Waals surface area (Å²) in [5.41, 5.74) is 2.06. The fourth-order valence-electron chi connectivity index (χ4n) is 3.39. The largest absolute Gasteiger partial charge is 0.457 e. The summed E-state index contributed by atoms with van der Waals surface area (Å²) in [5, 5.41) is 10.7. The Kier molecular flexibility index (Phi) is 4.05. The molecule has 0 radical (unpaired) electrons. The number of aromatic nitrogens is 1. The Hall–Kier alpha value is -2.59. The molecule has 0 saturated carbocycles. The van der Waals surface area contributed by atoms with Gasteiger partial charge < -0.3 is 14.7 Å². The Balaban J connectivity index is 1.73. The molecule has 3 aromatic rings. The van der Waals surface area contributed by atoms with E-state index in [2.05, 4.69) is 9.88 Å². The van der Waals surface area contributed by atoms with E-state index in [1.807, 2.05) is 60.8 Å². The predicted molar refractivity (Wildman–Crippen MR) is 95.7 cm³/mol. The lowest BCUT2D eigenvalue weighted by atomic mass is 10.1. The minimum absolute atomic E-state index is 0.185. The second kappa shape index (κ2) is 6.49. The van der Waals surface area contributed by atoms with Gasteiger partial charge in [-0.3, -0.25) is 4.98 Å². The molecular formula is C20H20N2O2. The molecule has 4 rings (SSSR count). The monoisotopic (exact) mass is 320 g/mol. The third-order valence-electron chi connectivity index (χ3n) is 4.57. The van der Waals surface area contributed by atoms with Crippen LogP contribution in [0.15, 0.2) is 60.8 Å². The summed E-state index contributed by atoms with van der Waals surface area (Å²) < 4.78 is 5.96. The van der Waals surface area contributed by atoms with E-state index < -0.39 is 0 Å². The summed E-state index contributed by atoms with van der Waals surface area (Å²) in [5.74, 6) is 1.61. The number of anilines is 1. The molecule has 24 heavy (non-hydrogen) atoms. The van der Waals surface area contributed by atoms with Gasteiger partial charge in [0, 0.05) is 23.8 Å². The first-order valence-corrected chi connectivity index (χ1v) is 8.34. The molecule has 0 aliphatic carbocycles. The van der Waals surface area contributed by atoms with E-state index in [1.54, 1.807) is 0 Å². The molecule has 122 valence electrons. The number of aliphatic hydroxyl groups excluding tert-OH is 1. The van der Waals surface area contributed by atoms with Crippen LogP contribution in [0.1, 0.15) is 12.8 Å². The Morgan fingerprint density at radius 3 is 2.79 bits per heavy atom. The molecule has 2 heterocycles. The van der Waals surface area contributed by atoms with Crippen molar-refractivity contribution in [1.82, 2.24) is 4.98 Å². The van der Waals surface area contributed by atoms with Crippen molar-refractivity contribution in [1.29, 1.82) is 0 Å². The van der Waals surface area contributed by atoms with Crippen LogP contribution < -0.4 is 9.64 Å². The molecule has 1 fully saturated rings. The van der Waals surface area contributed by atoms with Crippen molar-refractivity contribution >= 4 is 16.6 Å². The van der Waals surface area contributed by atoms with E-state index in [4.69, 9.17) is 4.74 Å². The minimum Gasteiger partial charge on any atom is -0.457 e. The maximum Gasteiger partial charge on any atom is 0.128 e. The van der Waals surface area contributed by atoms with Crippen molar-refractivity contribution in [2.45, 2.75) is 18.9 Å². The molecule has 1 aromatic heterocycles. The van der Waals surface area contributed by atoms with Gasteiger partial charge in [-0.15, -0.1) is 0 Å². The maximum atomic E-state index is 9.64. The van der Waals surface area contributed by atoms with Crippen LogP contribution in [0.3, 0.4) is 0 Å². The van der Waals surface area contributed by atoms with E-state index in [0.29, 0.717) is 0 Å². The van der Waals surface area contributed by atoms with Crippen LogP contribution in [0, 0.1) is 0 Å². The van der Waals surface area contributed by atoms with E-state index in [9.17, 15) is 5.11 Å². The first-order chi connectivity index (χ1) is 11.8. The van der Waals surface area contributed by atoms with Gasteiger partial charge in [0.2, 0.25) is 0 Å². The van der Waals surface area contributed by atoms with Crippen LogP contribution in [-0.4, -0.2) is 29.3 Å². The lowest BCUT2D eigenvalue weighted by Gasteiger charge is -2.26. The van der Waals surface area contributed by atoms with Crippen LogP contribution in [0.25, 0.3) is 10.9 Å². The lowest BCUT2D eigenvalue weighted by molar-refractivity contribution is 0.266. The number of benzene rings is 2. The van der Waals surface area contributed by atoms with Crippen molar-refractivity contribution in [3.63, 3.8) is 0 Å². The van der Waals surface area contributed by atoms with Gasteiger partial charge in [0.1, 0.15) is 11.5 Å². The molecule has 0 spiro atoms. The van der Waals surface area contributed by atoms with Crippen LogP contribution in [0.4, 0.5) is 5.69 Å². The smallest absolute Gasteiger partial charge is 0.128 e. The second-order valence-corrected chi connectivity index (χ2v) is 6.10. The van der Waals surface area contributed by atoms with E-state index in [-0.39, 0.29) is 12.6 Å². The fraction of sp³-hybridized carbons (Fsp3) is 0.250. The summed E-state index contributed by atoms with van der Waals surface area (Å²) in [6, 6.07) is 18.0. The Morgan fingerprint density at radius 1 is 1.08 bits per heavy atom. The molecule has 1 N–H and O–H groups in total. The summed E-state index contributed by atoms with van der Waals surface area (Å²) in [4.78, 5) is 6.76. The molecule has 1 aliphatic rings. The highest BCUT2D eigenvalue weighted by atomic mass is 16.5. The van der Waals surface area contributed by atoms with Gasteiger partial charge in [-0.25, -0.2) is 0 Å². The Morgan fingerprint density at radius 2 is 1.96 bits per heavy atom. The Labute approximate surface area is 141 Å². The SMILES string of the molecule is OC[C@H]1CCCN1c1ccnc2ccc(Oc3ccccc3)cc12. The highest BCUT2D eigenvalue weighted by Crippen LogP contribution is 2.34. The third-order valence-corrected chi connectivity index (χ3v) is 4.57. The number of fused-ring (bicyclic) bond motifs is 1. The molecule has 4 heteroatoms. The molecule has 0 amide bonds. The van der Waals surface area contributed by atoms with Gasteiger partial charge in [-0.2, -0.15) is 0 Å². The van der Waals surface area contributed by atoms with Crippen LogP contribution in [0.5, 0.6) is 11.5 Å². The number of para-hydroxylation sites is 1. The van der Waals surface area contributed by atoms with E-state index in [0.717, 1.165) is 47.5 Å². The van der Waals surface area contributed by atoms with Gasteiger partial charge in [0.25, 0.3) is 0 Å². The fourth-order valence-corrected chi connectivity index (χ4v) is 3.39. The molecule has 1 saturated heterocycles. The number of aliphatic hydroxyl groups is 1. The predicted octanol–water partition coefficient (Wildman–Crippen LogP) is 3.99. The van der Waals surface area contributed by atoms with Crippen LogP contribution >= 0.6 is 0 Å². The van der Waals surface area contributed by atoms with E-state index >= 15 is 0 Å². The molecular weight excluding hydrogens is 300 g/mol. The molecule has 1 aliphatic heterocycles. The topological polar surface area (TPSA) is 45.6 Å². The van der Waals surface area contributed by atoms with Gasteiger partial charge in [0.15, 0.2) is 0 Å². The van der Waals surface area contributed by atoms with Crippen molar-refractivity contribution in [3.8, 4) is 11.5 Å².